The van der Waals surface area contributed by atoms with Crippen LogP contribution in [0.25, 0.3) is 0 Å². The van der Waals surface area contributed by atoms with Crippen LogP contribution in [0.2, 0.25) is 0 Å². The Morgan fingerprint density at radius 1 is 1.03 bits per heavy atom. The lowest BCUT2D eigenvalue weighted by Crippen LogP contribution is -2.14. The summed E-state index contributed by atoms with van der Waals surface area (Å²) in [6.45, 7) is 3.93. The number of hydrogen-bond acceptors (Lipinski definition) is 5. The summed E-state index contributed by atoms with van der Waals surface area (Å²) >= 11 is 1.43. The quantitative estimate of drug-likeness (QED) is 0.581. The van der Waals surface area contributed by atoms with Gasteiger partial charge in [-0.3, -0.25) is 9.59 Å². The maximum atomic E-state index is 12.5. The molecule has 0 aliphatic heterocycles. The number of anilines is 2. The van der Waals surface area contributed by atoms with Crippen LogP contribution >= 0.6 is 11.3 Å². The Kier molecular flexibility index (Phi) is 6.61. The van der Waals surface area contributed by atoms with E-state index in [1.807, 2.05) is 19.1 Å². The lowest BCUT2D eigenvalue weighted by Gasteiger charge is -2.10. The summed E-state index contributed by atoms with van der Waals surface area (Å²) < 4.78 is 5.25. The van der Waals surface area contributed by atoms with Gasteiger partial charge in [0.25, 0.3) is 11.8 Å². The molecule has 0 aliphatic carbocycles. The Morgan fingerprint density at radius 2 is 1.76 bits per heavy atom. The highest BCUT2D eigenvalue weighted by atomic mass is 32.1. The number of amides is 2. The molecule has 3 aromatic rings. The maximum Gasteiger partial charge on any atom is 0.267 e. The van der Waals surface area contributed by atoms with Crippen LogP contribution in [-0.4, -0.2) is 23.9 Å². The van der Waals surface area contributed by atoms with E-state index >= 15 is 0 Å². The Labute approximate surface area is 173 Å². The van der Waals surface area contributed by atoms with Crippen molar-refractivity contribution >= 4 is 34.5 Å². The van der Waals surface area contributed by atoms with Crippen LogP contribution in [-0.2, 0) is 6.42 Å². The molecule has 7 heteroatoms. The fraction of sp³-hybridized carbons (Fsp3) is 0.227. The molecule has 150 valence electrons. The van der Waals surface area contributed by atoms with Gasteiger partial charge in [0.05, 0.1) is 23.5 Å². The number of thiazole rings is 1. The van der Waals surface area contributed by atoms with Crippen LogP contribution in [0.5, 0.6) is 5.75 Å². The summed E-state index contributed by atoms with van der Waals surface area (Å²) in [6.07, 6.45) is 1.86. The van der Waals surface area contributed by atoms with Gasteiger partial charge in [-0.2, -0.15) is 0 Å². The Hall–Kier alpha value is -3.19. The fourth-order valence-corrected chi connectivity index (χ4v) is 3.88. The number of rotatable bonds is 7. The largest absolute Gasteiger partial charge is 0.495 e. The number of hydrogen-bond donors (Lipinski definition) is 2. The van der Waals surface area contributed by atoms with Crippen molar-refractivity contribution in [3.8, 4) is 5.75 Å². The van der Waals surface area contributed by atoms with E-state index in [0.29, 0.717) is 27.6 Å². The summed E-state index contributed by atoms with van der Waals surface area (Å²) in [7, 11) is 1.55. The summed E-state index contributed by atoms with van der Waals surface area (Å²) in [5.74, 6) is 0.149. The zero-order valence-electron chi connectivity index (χ0n) is 16.6. The van der Waals surface area contributed by atoms with Crippen molar-refractivity contribution in [2.75, 3.05) is 17.7 Å². The minimum Gasteiger partial charge on any atom is -0.495 e. The molecule has 0 radical (unpaired) electrons. The summed E-state index contributed by atoms with van der Waals surface area (Å²) in [5.41, 5.74) is 2.44. The SMILES string of the molecule is CCCc1nc(C)c(C(=O)Nc2ccc(C(=O)Nc3ccccc3OC)cc2)s1. The van der Waals surface area contributed by atoms with E-state index in [9.17, 15) is 9.59 Å². The second-order valence-electron chi connectivity index (χ2n) is 6.46. The first kappa shape index (κ1) is 20.5. The molecule has 0 fully saturated rings. The second-order valence-corrected chi connectivity index (χ2v) is 7.54. The molecule has 0 atom stereocenters. The van der Waals surface area contributed by atoms with E-state index in [1.165, 1.54) is 11.3 Å². The summed E-state index contributed by atoms with van der Waals surface area (Å²) in [4.78, 5) is 30.1. The van der Waals surface area contributed by atoms with Gasteiger partial charge in [0, 0.05) is 11.3 Å². The zero-order valence-corrected chi connectivity index (χ0v) is 17.4. The van der Waals surface area contributed by atoms with Gasteiger partial charge < -0.3 is 15.4 Å². The van der Waals surface area contributed by atoms with Crippen molar-refractivity contribution in [2.45, 2.75) is 26.7 Å². The first-order valence-electron chi connectivity index (χ1n) is 9.34. The highest BCUT2D eigenvalue weighted by molar-refractivity contribution is 7.13. The number of ether oxygens (including phenoxy) is 1. The minimum absolute atomic E-state index is 0.187. The van der Waals surface area contributed by atoms with E-state index < -0.39 is 0 Å². The van der Waals surface area contributed by atoms with Gasteiger partial charge in [0.2, 0.25) is 0 Å². The van der Waals surface area contributed by atoms with Crippen LogP contribution in [0, 0.1) is 6.92 Å². The second kappa shape index (κ2) is 9.34. The van der Waals surface area contributed by atoms with Gasteiger partial charge in [-0.1, -0.05) is 19.1 Å². The third-order valence-corrected chi connectivity index (χ3v) is 5.49. The molecule has 0 bridgehead atoms. The van der Waals surface area contributed by atoms with E-state index in [1.54, 1.807) is 43.5 Å². The van der Waals surface area contributed by atoms with Crippen molar-refractivity contribution < 1.29 is 14.3 Å². The predicted molar refractivity (Wildman–Crippen MR) is 116 cm³/mol. The number of carbonyl (C=O) groups is 2. The number of nitrogens with zero attached hydrogens (tertiary/aromatic N) is 1. The van der Waals surface area contributed by atoms with Gasteiger partial charge in [-0.15, -0.1) is 11.3 Å². The fourth-order valence-electron chi connectivity index (χ4n) is 2.82. The molecule has 0 spiro atoms. The van der Waals surface area contributed by atoms with Crippen LogP contribution in [0.4, 0.5) is 11.4 Å². The topological polar surface area (TPSA) is 80.3 Å². The van der Waals surface area contributed by atoms with Gasteiger partial charge in [0.1, 0.15) is 10.6 Å². The molecule has 1 heterocycles. The van der Waals surface area contributed by atoms with Crippen molar-refractivity contribution in [2.24, 2.45) is 0 Å². The predicted octanol–water partition coefficient (Wildman–Crippen LogP) is 4.92. The van der Waals surface area contributed by atoms with E-state index in [4.69, 9.17) is 4.74 Å². The monoisotopic (exact) mass is 409 g/mol. The van der Waals surface area contributed by atoms with Crippen LogP contribution in [0.1, 0.15) is 44.1 Å². The maximum absolute atomic E-state index is 12.5. The molecule has 6 nitrogen and oxygen atoms in total. The molecule has 2 aromatic carbocycles. The molecule has 0 unspecified atom stereocenters. The number of carbonyl (C=O) groups excluding carboxylic acids is 2. The number of aromatic nitrogens is 1. The lowest BCUT2D eigenvalue weighted by molar-refractivity contribution is 0.102. The Balaban J connectivity index is 1.67. The molecule has 0 aliphatic rings. The lowest BCUT2D eigenvalue weighted by atomic mass is 10.2. The molecule has 2 amide bonds. The van der Waals surface area contributed by atoms with E-state index in [2.05, 4.69) is 22.5 Å². The minimum atomic E-state index is -0.255. The average Bonchev–Trinajstić information content (AvgIpc) is 3.09. The van der Waals surface area contributed by atoms with E-state index in [0.717, 1.165) is 23.5 Å². The number of methoxy groups -OCH3 is 1. The summed E-state index contributed by atoms with van der Waals surface area (Å²) in [5, 5.41) is 6.67. The normalized spacial score (nSPS) is 10.4. The Morgan fingerprint density at radius 3 is 2.45 bits per heavy atom. The molecule has 1 aromatic heterocycles. The van der Waals surface area contributed by atoms with Crippen molar-refractivity contribution in [3.05, 3.63) is 69.7 Å². The van der Waals surface area contributed by atoms with Crippen LogP contribution in [0.15, 0.2) is 48.5 Å². The third-order valence-electron chi connectivity index (χ3n) is 4.27. The standard InChI is InChI=1S/C22H23N3O3S/c1-4-7-19-23-14(2)20(29-19)22(27)24-16-12-10-15(11-13-16)21(26)25-17-8-5-6-9-18(17)28-3/h5-6,8-13H,4,7H2,1-3H3,(H,24,27)(H,25,26). The summed E-state index contributed by atoms with van der Waals surface area (Å²) in [6, 6.07) is 14.0. The van der Waals surface area contributed by atoms with Gasteiger partial charge in [-0.25, -0.2) is 4.98 Å². The average molecular weight is 410 g/mol. The van der Waals surface area contributed by atoms with Gasteiger partial charge in [-0.05, 0) is 56.2 Å². The van der Waals surface area contributed by atoms with Crippen molar-refractivity contribution in [1.82, 2.24) is 4.98 Å². The van der Waals surface area contributed by atoms with Crippen LogP contribution in [0.3, 0.4) is 0 Å². The molecular weight excluding hydrogens is 386 g/mol. The highest BCUT2D eigenvalue weighted by Gasteiger charge is 2.16. The third kappa shape index (κ3) is 5.00. The van der Waals surface area contributed by atoms with Gasteiger partial charge in [0.15, 0.2) is 0 Å². The van der Waals surface area contributed by atoms with Crippen molar-refractivity contribution in [1.29, 1.82) is 0 Å². The number of aryl methyl sites for hydroxylation is 2. The first-order valence-corrected chi connectivity index (χ1v) is 10.2. The molecule has 3 rings (SSSR count). The van der Waals surface area contributed by atoms with E-state index in [-0.39, 0.29) is 11.8 Å². The molecule has 0 saturated carbocycles. The highest BCUT2D eigenvalue weighted by Crippen LogP contribution is 2.24. The number of nitrogens with one attached hydrogen (secondary N) is 2. The molecule has 2 N–H and O–H groups in total. The first-order chi connectivity index (χ1) is 14.0. The smallest absolute Gasteiger partial charge is 0.267 e. The van der Waals surface area contributed by atoms with Crippen LogP contribution < -0.4 is 15.4 Å². The number of benzene rings is 2. The molecular formula is C22H23N3O3S. The molecule has 29 heavy (non-hydrogen) atoms. The van der Waals surface area contributed by atoms with Crippen molar-refractivity contribution in [3.63, 3.8) is 0 Å². The van der Waals surface area contributed by atoms with Gasteiger partial charge >= 0.3 is 0 Å². The zero-order chi connectivity index (χ0) is 20.8. The number of para-hydroxylation sites is 2. The Bertz CT molecular complexity index is 1010. The molecule has 0 saturated heterocycles.